The molecular weight excluding hydrogens is 368 g/mol. The van der Waals surface area contributed by atoms with Crippen molar-refractivity contribution in [1.82, 2.24) is 14.9 Å². The Hall–Kier alpha value is -2.86. The molecule has 6 heteroatoms. The van der Waals surface area contributed by atoms with Gasteiger partial charge >= 0.3 is 0 Å². The van der Waals surface area contributed by atoms with Crippen LogP contribution in [-0.4, -0.2) is 21.8 Å². The number of para-hydroxylation sites is 2. The van der Waals surface area contributed by atoms with E-state index in [4.69, 9.17) is 17.0 Å². The zero-order valence-electron chi connectivity index (χ0n) is 16.2. The minimum Gasteiger partial charge on any atom is -0.495 e. The topological polar surface area (TPSA) is 42.3 Å². The van der Waals surface area contributed by atoms with Gasteiger partial charge in [0.05, 0.1) is 24.5 Å². The molecule has 0 spiro atoms. The summed E-state index contributed by atoms with van der Waals surface area (Å²) in [6.07, 6.45) is 3.95. The molecule has 1 aliphatic heterocycles. The third-order valence-corrected chi connectivity index (χ3v) is 5.43. The maximum atomic E-state index is 5.79. The minimum atomic E-state index is -0.0639. The van der Waals surface area contributed by atoms with Crippen molar-refractivity contribution in [2.24, 2.45) is 0 Å². The van der Waals surface area contributed by atoms with Gasteiger partial charge in [-0.1, -0.05) is 18.2 Å². The average Bonchev–Trinajstić information content (AvgIpc) is 3.33. The van der Waals surface area contributed by atoms with Crippen LogP contribution in [0.2, 0.25) is 0 Å². The fourth-order valence-electron chi connectivity index (χ4n) is 3.87. The third kappa shape index (κ3) is 3.14. The molecule has 2 aromatic heterocycles. The monoisotopic (exact) mass is 392 g/mol. The van der Waals surface area contributed by atoms with Crippen molar-refractivity contribution < 1.29 is 4.74 Å². The number of rotatable bonds is 5. The smallest absolute Gasteiger partial charge is 0.174 e. The second-order valence-corrected chi connectivity index (χ2v) is 7.49. The second kappa shape index (κ2) is 7.64. The summed E-state index contributed by atoms with van der Waals surface area (Å²) < 4.78 is 7.93. The van der Waals surface area contributed by atoms with Gasteiger partial charge in [0.15, 0.2) is 5.11 Å². The molecule has 1 aliphatic rings. The molecule has 0 saturated carbocycles. The van der Waals surface area contributed by atoms with Crippen LogP contribution in [0, 0.1) is 0 Å². The van der Waals surface area contributed by atoms with Gasteiger partial charge in [0.25, 0.3) is 0 Å². The molecule has 4 rings (SSSR count). The highest BCUT2D eigenvalue weighted by molar-refractivity contribution is 7.80. The van der Waals surface area contributed by atoms with Crippen LogP contribution in [-0.2, 0) is 0 Å². The molecule has 0 unspecified atom stereocenters. The molecule has 0 bridgehead atoms. The first-order valence-corrected chi connectivity index (χ1v) is 9.83. The molecule has 0 aliphatic carbocycles. The van der Waals surface area contributed by atoms with Crippen LogP contribution in [0.4, 0.5) is 5.69 Å². The van der Waals surface area contributed by atoms with E-state index in [2.05, 4.69) is 51.9 Å². The zero-order valence-corrected chi connectivity index (χ0v) is 17.1. The molecule has 0 amide bonds. The zero-order chi connectivity index (χ0) is 19.7. The molecule has 0 radical (unpaired) electrons. The quantitative estimate of drug-likeness (QED) is 0.640. The summed E-state index contributed by atoms with van der Waals surface area (Å²) in [6.45, 7) is 4.38. The SMILES string of the molecule is COc1ccccc1N1C(=S)N[C@@H](c2ccccn2)[C@@H]1c1cccn1C(C)C. The standard InChI is InChI=1S/C22H24N4OS/c1-15(2)25-14-8-11-18(25)21-20(16-9-6-7-13-23-16)24-22(28)26(21)17-10-4-5-12-19(17)27-3/h4-15,20-21H,1-3H3,(H,24,28)/t20-,21-/m0/s1. The first-order chi connectivity index (χ1) is 13.6. The van der Waals surface area contributed by atoms with Gasteiger partial charge in [-0.2, -0.15) is 0 Å². The number of aromatic nitrogens is 2. The van der Waals surface area contributed by atoms with E-state index in [1.165, 1.54) is 5.69 Å². The average molecular weight is 393 g/mol. The van der Waals surface area contributed by atoms with Crippen molar-refractivity contribution >= 4 is 23.0 Å². The van der Waals surface area contributed by atoms with Crippen LogP contribution in [0.1, 0.15) is 43.4 Å². The van der Waals surface area contributed by atoms with Gasteiger partial charge in [-0.3, -0.25) is 4.98 Å². The molecule has 1 saturated heterocycles. The number of methoxy groups -OCH3 is 1. The Morgan fingerprint density at radius 1 is 1.07 bits per heavy atom. The molecule has 1 N–H and O–H groups in total. The predicted octanol–water partition coefficient (Wildman–Crippen LogP) is 4.65. The number of nitrogens with one attached hydrogen (secondary N) is 1. The number of thiocarbonyl (C=S) groups is 1. The van der Waals surface area contributed by atoms with E-state index >= 15 is 0 Å². The lowest BCUT2D eigenvalue weighted by molar-refractivity contribution is 0.413. The van der Waals surface area contributed by atoms with Crippen molar-refractivity contribution in [2.75, 3.05) is 12.0 Å². The Bertz CT molecular complexity index is 969. The summed E-state index contributed by atoms with van der Waals surface area (Å²) in [7, 11) is 1.69. The predicted molar refractivity (Wildman–Crippen MR) is 116 cm³/mol. The summed E-state index contributed by atoms with van der Waals surface area (Å²) in [5, 5.41) is 4.17. The highest BCUT2D eigenvalue weighted by Gasteiger charge is 2.43. The second-order valence-electron chi connectivity index (χ2n) is 7.10. The lowest BCUT2D eigenvalue weighted by atomic mass is 10.0. The molecule has 28 heavy (non-hydrogen) atoms. The van der Waals surface area contributed by atoms with E-state index in [-0.39, 0.29) is 12.1 Å². The van der Waals surface area contributed by atoms with Gasteiger partial charge in [-0.15, -0.1) is 0 Å². The van der Waals surface area contributed by atoms with Crippen LogP contribution < -0.4 is 15.0 Å². The van der Waals surface area contributed by atoms with Gasteiger partial charge in [0.1, 0.15) is 11.8 Å². The van der Waals surface area contributed by atoms with Gasteiger partial charge < -0.3 is 19.5 Å². The van der Waals surface area contributed by atoms with E-state index in [0.717, 1.165) is 17.1 Å². The largest absolute Gasteiger partial charge is 0.495 e. The molecule has 144 valence electrons. The van der Waals surface area contributed by atoms with Gasteiger partial charge in [0.2, 0.25) is 0 Å². The molecule has 1 aromatic carbocycles. The van der Waals surface area contributed by atoms with Gasteiger partial charge in [-0.25, -0.2) is 0 Å². The van der Waals surface area contributed by atoms with Crippen molar-refractivity contribution in [3.63, 3.8) is 0 Å². The van der Waals surface area contributed by atoms with Crippen molar-refractivity contribution in [2.45, 2.75) is 32.0 Å². The van der Waals surface area contributed by atoms with Gasteiger partial charge in [-0.05, 0) is 62.5 Å². The number of nitrogens with zero attached hydrogens (tertiary/aromatic N) is 3. The van der Waals surface area contributed by atoms with E-state index in [9.17, 15) is 0 Å². The summed E-state index contributed by atoms with van der Waals surface area (Å²) >= 11 is 5.79. The number of anilines is 1. The van der Waals surface area contributed by atoms with Crippen LogP contribution in [0.25, 0.3) is 0 Å². The summed E-state index contributed by atoms with van der Waals surface area (Å²) in [5.41, 5.74) is 3.09. The van der Waals surface area contributed by atoms with Crippen LogP contribution in [0.3, 0.4) is 0 Å². The summed E-state index contributed by atoms with van der Waals surface area (Å²) in [5.74, 6) is 0.793. The van der Waals surface area contributed by atoms with Crippen LogP contribution in [0.15, 0.2) is 67.0 Å². The molecular formula is C22H24N4OS. The lowest BCUT2D eigenvalue weighted by Gasteiger charge is -2.30. The van der Waals surface area contributed by atoms with E-state index in [1.807, 2.05) is 48.7 Å². The number of hydrogen-bond acceptors (Lipinski definition) is 3. The number of hydrogen-bond donors (Lipinski definition) is 1. The number of ether oxygens (including phenoxy) is 1. The number of benzene rings is 1. The summed E-state index contributed by atoms with van der Waals surface area (Å²) in [4.78, 5) is 6.77. The summed E-state index contributed by atoms with van der Waals surface area (Å²) in [6, 6.07) is 18.5. The highest BCUT2D eigenvalue weighted by atomic mass is 32.1. The number of pyridine rings is 1. The molecule has 1 fully saturated rings. The fraction of sp³-hybridized carbons (Fsp3) is 0.273. The fourth-order valence-corrected chi connectivity index (χ4v) is 4.21. The maximum absolute atomic E-state index is 5.79. The first-order valence-electron chi connectivity index (χ1n) is 9.42. The molecule has 5 nitrogen and oxygen atoms in total. The van der Waals surface area contributed by atoms with Crippen molar-refractivity contribution in [3.8, 4) is 5.75 Å². The molecule has 3 aromatic rings. The molecule has 3 heterocycles. The Kier molecular flexibility index (Phi) is 5.05. The van der Waals surface area contributed by atoms with E-state index in [1.54, 1.807) is 7.11 Å². The Balaban J connectivity index is 1.89. The highest BCUT2D eigenvalue weighted by Crippen LogP contribution is 2.44. The van der Waals surface area contributed by atoms with Crippen LogP contribution in [0.5, 0.6) is 5.75 Å². The Morgan fingerprint density at radius 2 is 1.86 bits per heavy atom. The van der Waals surface area contributed by atoms with Crippen molar-refractivity contribution in [1.29, 1.82) is 0 Å². The van der Waals surface area contributed by atoms with Crippen LogP contribution >= 0.6 is 12.2 Å². The minimum absolute atomic E-state index is 0.0453. The maximum Gasteiger partial charge on any atom is 0.174 e. The normalized spacial score (nSPS) is 19.1. The third-order valence-electron chi connectivity index (χ3n) is 5.11. The first kappa shape index (κ1) is 18.5. The van der Waals surface area contributed by atoms with Crippen molar-refractivity contribution in [3.05, 3.63) is 78.4 Å². The Labute approximate surface area is 171 Å². The Morgan fingerprint density at radius 3 is 2.57 bits per heavy atom. The van der Waals surface area contributed by atoms with E-state index < -0.39 is 0 Å². The van der Waals surface area contributed by atoms with E-state index in [0.29, 0.717) is 11.2 Å². The lowest BCUT2D eigenvalue weighted by Crippen LogP contribution is -2.31. The van der Waals surface area contributed by atoms with Gasteiger partial charge in [0, 0.05) is 24.1 Å². The molecule has 2 atom stereocenters.